The molecule has 1 atom stereocenters. The standard InChI is InChI=1S/C17H19BrO/c1-3-16(18)12-13-4-6-14(7-5-13)15-8-10-17(19-2)11-9-15/h4-11,16H,3,12H2,1-2H3. The van der Waals surface area contributed by atoms with E-state index in [-0.39, 0.29) is 0 Å². The molecule has 1 nitrogen and oxygen atoms in total. The second-order valence-electron chi connectivity index (χ2n) is 4.64. The molecule has 2 rings (SSSR count). The summed E-state index contributed by atoms with van der Waals surface area (Å²) >= 11 is 3.68. The molecule has 0 saturated heterocycles. The van der Waals surface area contributed by atoms with Crippen LogP contribution in [-0.4, -0.2) is 11.9 Å². The van der Waals surface area contributed by atoms with Crippen LogP contribution in [0.4, 0.5) is 0 Å². The van der Waals surface area contributed by atoms with E-state index in [1.165, 1.54) is 16.7 Å². The lowest BCUT2D eigenvalue weighted by Crippen LogP contribution is -2.00. The van der Waals surface area contributed by atoms with Crippen LogP contribution in [0.25, 0.3) is 11.1 Å². The lowest BCUT2D eigenvalue weighted by atomic mass is 10.0. The highest BCUT2D eigenvalue weighted by atomic mass is 79.9. The van der Waals surface area contributed by atoms with Gasteiger partial charge in [0.1, 0.15) is 5.75 Å². The summed E-state index contributed by atoms with van der Waals surface area (Å²) in [7, 11) is 1.69. The Hall–Kier alpha value is -1.28. The summed E-state index contributed by atoms with van der Waals surface area (Å²) in [5.41, 5.74) is 3.84. The smallest absolute Gasteiger partial charge is 0.118 e. The molecule has 0 radical (unpaired) electrons. The van der Waals surface area contributed by atoms with Crippen LogP contribution in [-0.2, 0) is 6.42 Å². The second kappa shape index (κ2) is 6.76. The van der Waals surface area contributed by atoms with Gasteiger partial charge in [-0.2, -0.15) is 0 Å². The zero-order chi connectivity index (χ0) is 13.7. The first-order chi connectivity index (χ1) is 9.22. The van der Waals surface area contributed by atoms with Crippen LogP contribution < -0.4 is 4.74 Å². The number of hydrogen-bond acceptors (Lipinski definition) is 1. The third-order valence-corrected chi connectivity index (χ3v) is 4.25. The minimum Gasteiger partial charge on any atom is -0.497 e. The maximum atomic E-state index is 5.18. The van der Waals surface area contributed by atoms with Crippen molar-refractivity contribution in [2.24, 2.45) is 0 Å². The van der Waals surface area contributed by atoms with E-state index in [0.717, 1.165) is 18.6 Å². The fraction of sp³-hybridized carbons (Fsp3) is 0.294. The van der Waals surface area contributed by atoms with Crippen molar-refractivity contribution in [1.29, 1.82) is 0 Å². The van der Waals surface area contributed by atoms with E-state index in [9.17, 15) is 0 Å². The van der Waals surface area contributed by atoms with E-state index in [1.807, 2.05) is 12.1 Å². The van der Waals surface area contributed by atoms with Gasteiger partial charge in [0.05, 0.1) is 7.11 Å². The largest absolute Gasteiger partial charge is 0.497 e. The van der Waals surface area contributed by atoms with Crippen LogP contribution in [0.5, 0.6) is 5.75 Å². The molecule has 0 bridgehead atoms. The molecule has 0 N–H and O–H groups in total. The number of benzene rings is 2. The fourth-order valence-electron chi connectivity index (χ4n) is 2.02. The monoisotopic (exact) mass is 318 g/mol. The van der Waals surface area contributed by atoms with Gasteiger partial charge >= 0.3 is 0 Å². The Morgan fingerprint density at radius 3 is 1.95 bits per heavy atom. The molecule has 0 spiro atoms. The quantitative estimate of drug-likeness (QED) is 0.699. The van der Waals surface area contributed by atoms with Crippen molar-refractivity contribution in [1.82, 2.24) is 0 Å². The molecular formula is C17H19BrO. The minimum atomic E-state index is 0.569. The minimum absolute atomic E-state index is 0.569. The van der Waals surface area contributed by atoms with Crippen molar-refractivity contribution in [3.63, 3.8) is 0 Å². The van der Waals surface area contributed by atoms with Crippen LogP contribution in [0.3, 0.4) is 0 Å². The van der Waals surface area contributed by atoms with Crippen molar-refractivity contribution in [2.75, 3.05) is 7.11 Å². The molecule has 100 valence electrons. The summed E-state index contributed by atoms with van der Waals surface area (Å²) in [6, 6.07) is 17.0. The zero-order valence-corrected chi connectivity index (χ0v) is 13.0. The molecule has 0 fully saturated rings. The second-order valence-corrected chi connectivity index (χ2v) is 5.93. The van der Waals surface area contributed by atoms with Crippen molar-refractivity contribution in [3.05, 3.63) is 54.1 Å². The molecule has 0 heterocycles. The summed E-state index contributed by atoms with van der Waals surface area (Å²) < 4.78 is 5.18. The predicted molar refractivity (Wildman–Crippen MR) is 85.1 cm³/mol. The average molecular weight is 319 g/mol. The van der Waals surface area contributed by atoms with Crippen molar-refractivity contribution in [3.8, 4) is 16.9 Å². The third-order valence-electron chi connectivity index (χ3n) is 3.28. The van der Waals surface area contributed by atoms with Crippen LogP contribution in [0.2, 0.25) is 0 Å². The van der Waals surface area contributed by atoms with E-state index >= 15 is 0 Å². The molecular weight excluding hydrogens is 300 g/mol. The molecule has 0 amide bonds. The van der Waals surface area contributed by atoms with Crippen molar-refractivity contribution >= 4 is 15.9 Å². The molecule has 19 heavy (non-hydrogen) atoms. The maximum absolute atomic E-state index is 5.18. The van der Waals surface area contributed by atoms with Gasteiger partial charge in [0.15, 0.2) is 0 Å². The van der Waals surface area contributed by atoms with Gasteiger partial charge in [-0.1, -0.05) is 59.3 Å². The molecule has 2 heteroatoms. The van der Waals surface area contributed by atoms with Crippen LogP contribution in [0.15, 0.2) is 48.5 Å². The summed E-state index contributed by atoms with van der Waals surface area (Å²) in [4.78, 5) is 0.569. The molecule has 0 aromatic heterocycles. The zero-order valence-electron chi connectivity index (χ0n) is 11.4. The topological polar surface area (TPSA) is 9.23 Å². The molecule has 2 aromatic rings. The first kappa shape index (κ1) is 14.1. The normalized spacial score (nSPS) is 12.2. The Kier molecular flexibility index (Phi) is 5.03. The molecule has 0 aliphatic carbocycles. The lowest BCUT2D eigenvalue weighted by Gasteiger charge is -2.08. The van der Waals surface area contributed by atoms with Gasteiger partial charge in [-0.25, -0.2) is 0 Å². The van der Waals surface area contributed by atoms with Crippen LogP contribution in [0.1, 0.15) is 18.9 Å². The number of hydrogen-bond donors (Lipinski definition) is 0. The third kappa shape index (κ3) is 3.84. The highest BCUT2D eigenvalue weighted by molar-refractivity contribution is 9.09. The number of methoxy groups -OCH3 is 1. The first-order valence-electron chi connectivity index (χ1n) is 6.60. The van der Waals surface area contributed by atoms with Gasteiger partial charge in [0.2, 0.25) is 0 Å². The summed E-state index contributed by atoms with van der Waals surface area (Å²) in [6.07, 6.45) is 2.24. The highest BCUT2D eigenvalue weighted by Gasteiger charge is 2.03. The number of alkyl halides is 1. The Labute approximate surface area is 123 Å². The predicted octanol–water partition coefficient (Wildman–Crippen LogP) is 5.08. The number of ether oxygens (including phenoxy) is 1. The lowest BCUT2D eigenvalue weighted by molar-refractivity contribution is 0.415. The number of rotatable bonds is 5. The SMILES string of the molecule is CCC(Br)Cc1ccc(-c2ccc(OC)cc2)cc1. The van der Waals surface area contributed by atoms with Crippen molar-refractivity contribution < 1.29 is 4.74 Å². The molecule has 2 aromatic carbocycles. The fourth-order valence-corrected chi connectivity index (χ4v) is 2.39. The van der Waals surface area contributed by atoms with Crippen molar-refractivity contribution in [2.45, 2.75) is 24.6 Å². The van der Waals surface area contributed by atoms with E-state index in [2.05, 4.69) is 59.3 Å². The number of halogens is 1. The molecule has 0 aliphatic heterocycles. The Morgan fingerprint density at radius 2 is 1.47 bits per heavy atom. The van der Waals surface area contributed by atoms with Gasteiger partial charge in [-0.15, -0.1) is 0 Å². The van der Waals surface area contributed by atoms with Gasteiger partial charge in [-0.3, -0.25) is 0 Å². The highest BCUT2D eigenvalue weighted by Crippen LogP contribution is 2.23. The summed E-state index contributed by atoms with van der Waals surface area (Å²) in [5.74, 6) is 0.894. The van der Waals surface area contributed by atoms with Crippen LogP contribution >= 0.6 is 15.9 Å². The Morgan fingerprint density at radius 1 is 0.947 bits per heavy atom. The first-order valence-corrected chi connectivity index (χ1v) is 7.52. The van der Waals surface area contributed by atoms with E-state index in [0.29, 0.717) is 4.83 Å². The molecule has 1 unspecified atom stereocenters. The van der Waals surface area contributed by atoms with Gasteiger partial charge in [0.25, 0.3) is 0 Å². The van der Waals surface area contributed by atoms with Gasteiger partial charge in [0, 0.05) is 4.83 Å². The average Bonchev–Trinajstić information content (AvgIpc) is 2.48. The maximum Gasteiger partial charge on any atom is 0.118 e. The molecule has 0 aliphatic rings. The van der Waals surface area contributed by atoms with E-state index < -0.39 is 0 Å². The summed E-state index contributed by atoms with van der Waals surface area (Å²) in [5, 5.41) is 0. The Bertz CT molecular complexity index is 502. The van der Waals surface area contributed by atoms with Crippen LogP contribution in [0, 0.1) is 0 Å². The molecule has 0 saturated carbocycles. The van der Waals surface area contributed by atoms with E-state index in [1.54, 1.807) is 7.11 Å². The van der Waals surface area contributed by atoms with E-state index in [4.69, 9.17) is 4.74 Å². The Balaban J connectivity index is 2.12. The van der Waals surface area contributed by atoms with Gasteiger partial charge < -0.3 is 4.74 Å². The van der Waals surface area contributed by atoms with Gasteiger partial charge in [-0.05, 0) is 41.7 Å². The summed E-state index contributed by atoms with van der Waals surface area (Å²) in [6.45, 7) is 2.20.